The van der Waals surface area contributed by atoms with E-state index in [0.717, 1.165) is 23.9 Å². The van der Waals surface area contributed by atoms with Crippen molar-refractivity contribution in [3.63, 3.8) is 0 Å². The number of ether oxygens (including phenoxy) is 1. The van der Waals surface area contributed by atoms with E-state index in [1.807, 2.05) is 18.2 Å². The standard InChI is InChI=1S/C16H17ClN4O2S/c17-12-3-1-2-4-13(12)20-15(22)10-24-16-9-14(18-11-19-16)21-5-7-23-8-6-21/h1-4,9,11H,5-8,10H2,(H,20,22). The lowest BCUT2D eigenvalue weighted by Gasteiger charge is -2.27. The first kappa shape index (κ1) is 17.0. The average molecular weight is 365 g/mol. The SMILES string of the molecule is O=C(CSc1cc(N2CCOCC2)ncn1)Nc1ccccc1Cl. The Bertz CT molecular complexity index is 710. The summed E-state index contributed by atoms with van der Waals surface area (Å²) < 4.78 is 5.34. The monoisotopic (exact) mass is 364 g/mol. The average Bonchev–Trinajstić information content (AvgIpc) is 2.63. The Morgan fingerprint density at radius 2 is 2.08 bits per heavy atom. The Morgan fingerprint density at radius 3 is 2.88 bits per heavy atom. The van der Waals surface area contributed by atoms with Crippen LogP contribution in [0, 0.1) is 0 Å². The van der Waals surface area contributed by atoms with Crippen molar-refractivity contribution in [2.45, 2.75) is 5.03 Å². The lowest BCUT2D eigenvalue weighted by atomic mass is 10.3. The summed E-state index contributed by atoms with van der Waals surface area (Å²) in [6.45, 7) is 3.03. The molecule has 0 spiro atoms. The van der Waals surface area contributed by atoms with E-state index < -0.39 is 0 Å². The van der Waals surface area contributed by atoms with Crippen LogP contribution in [0.2, 0.25) is 5.02 Å². The van der Waals surface area contributed by atoms with E-state index in [9.17, 15) is 4.79 Å². The minimum atomic E-state index is -0.125. The predicted molar refractivity (Wildman–Crippen MR) is 95.9 cm³/mol. The van der Waals surface area contributed by atoms with E-state index in [0.29, 0.717) is 23.9 Å². The van der Waals surface area contributed by atoms with Crippen molar-refractivity contribution in [1.82, 2.24) is 9.97 Å². The van der Waals surface area contributed by atoms with Gasteiger partial charge in [0, 0.05) is 19.2 Å². The highest BCUT2D eigenvalue weighted by Crippen LogP contribution is 2.23. The number of benzene rings is 1. The van der Waals surface area contributed by atoms with Gasteiger partial charge in [-0.3, -0.25) is 4.79 Å². The zero-order valence-electron chi connectivity index (χ0n) is 12.9. The number of morpholine rings is 1. The van der Waals surface area contributed by atoms with Crippen molar-refractivity contribution in [2.75, 3.05) is 42.3 Å². The number of nitrogens with one attached hydrogen (secondary N) is 1. The summed E-state index contributed by atoms with van der Waals surface area (Å²) in [6, 6.07) is 9.06. The van der Waals surface area contributed by atoms with Crippen molar-refractivity contribution >= 4 is 40.8 Å². The maximum absolute atomic E-state index is 12.1. The third kappa shape index (κ3) is 4.59. The third-order valence-corrected chi connectivity index (χ3v) is 4.72. The van der Waals surface area contributed by atoms with Crippen molar-refractivity contribution in [1.29, 1.82) is 0 Å². The van der Waals surface area contributed by atoms with Gasteiger partial charge in [0.15, 0.2) is 0 Å². The second kappa shape index (κ2) is 8.32. The van der Waals surface area contributed by atoms with E-state index in [1.54, 1.807) is 12.1 Å². The van der Waals surface area contributed by atoms with Crippen molar-refractivity contribution in [3.8, 4) is 0 Å². The van der Waals surface area contributed by atoms with Crippen molar-refractivity contribution < 1.29 is 9.53 Å². The van der Waals surface area contributed by atoms with Crippen LogP contribution in [-0.2, 0) is 9.53 Å². The summed E-state index contributed by atoms with van der Waals surface area (Å²) >= 11 is 7.40. The highest BCUT2D eigenvalue weighted by Gasteiger charge is 2.14. The van der Waals surface area contributed by atoms with Crippen LogP contribution in [0.15, 0.2) is 41.7 Å². The second-order valence-corrected chi connectivity index (χ2v) is 6.53. The maximum atomic E-state index is 12.1. The number of carbonyl (C=O) groups excluding carboxylic acids is 1. The number of hydrogen-bond donors (Lipinski definition) is 1. The Labute approximate surface area is 149 Å². The van der Waals surface area contributed by atoms with E-state index in [2.05, 4.69) is 20.2 Å². The first-order valence-corrected chi connectivity index (χ1v) is 8.90. The van der Waals surface area contributed by atoms with E-state index in [1.165, 1.54) is 18.1 Å². The van der Waals surface area contributed by atoms with Gasteiger partial charge in [-0.05, 0) is 12.1 Å². The Balaban J connectivity index is 1.56. The maximum Gasteiger partial charge on any atom is 0.234 e. The first-order chi connectivity index (χ1) is 11.7. The molecule has 1 saturated heterocycles. The number of halogens is 1. The quantitative estimate of drug-likeness (QED) is 0.650. The molecular weight excluding hydrogens is 348 g/mol. The van der Waals surface area contributed by atoms with Crippen LogP contribution in [-0.4, -0.2) is 47.9 Å². The summed E-state index contributed by atoms with van der Waals surface area (Å²) in [5.74, 6) is 0.993. The molecule has 3 rings (SSSR count). The number of nitrogens with zero attached hydrogens (tertiary/aromatic N) is 3. The number of amides is 1. The molecule has 0 unspecified atom stereocenters. The van der Waals surface area contributed by atoms with Gasteiger partial charge in [-0.25, -0.2) is 9.97 Å². The molecule has 6 nitrogen and oxygen atoms in total. The molecule has 0 bridgehead atoms. The van der Waals surface area contributed by atoms with Crippen LogP contribution in [0.1, 0.15) is 0 Å². The fourth-order valence-electron chi connectivity index (χ4n) is 2.26. The van der Waals surface area contributed by atoms with Crippen molar-refractivity contribution in [2.24, 2.45) is 0 Å². The van der Waals surface area contributed by atoms with Crippen LogP contribution in [0.25, 0.3) is 0 Å². The number of para-hydroxylation sites is 1. The van der Waals surface area contributed by atoms with Gasteiger partial charge in [-0.2, -0.15) is 0 Å². The molecule has 24 heavy (non-hydrogen) atoms. The Kier molecular flexibility index (Phi) is 5.90. The number of thioether (sulfide) groups is 1. The predicted octanol–water partition coefficient (Wildman–Crippen LogP) is 2.70. The molecule has 1 aliphatic heterocycles. The van der Waals surface area contributed by atoms with Gasteiger partial charge in [0.1, 0.15) is 17.2 Å². The molecule has 1 fully saturated rings. The minimum absolute atomic E-state index is 0.125. The number of aromatic nitrogens is 2. The van der Waals surface area contributed by atoms with Gasteiger partial charge in [0.25, 0.3) is 0 Å². The van der Waals surface area contributed by atoms with Gasteiger partial charge in [0.05, 0.1) is 29.7 Å². The number of carbonyl (C=O) groups is 1. The molecular formula is C16H17ClN4O2S. The summed E-state index contributed by atoms with van der Waals surface area (Å²) in [4.78, 5) is 22.7. The molecule has 0 radical (unpaired) electrons. The normalized spacial score (nSPS) is 14.5. The lowest BCUT2D eigenvalue weighted by molar-refractivity contribution is -0.113. The zero-order valence-corrected chi connectivity index (χ0v) is 14.5. The van der Waals surface area contributed by atoms with Gasteiger partial charge in [-0.1, -0.05) is 35.5 Å². The van der Waals surface area contributed by atoms with Gasteiger partial charge in [0.2, 0.25) is 5.91 Å². The molecule has 0 saturated carbocycles. The van der Waals surface area contributed by atoms with Crippen LogP contribution >= 0.6 is 23.4 Å². The van der Waals surface area contributed by atoms with Crippen molar-refractivity contribution in [3.05, 3.63) is 41.7 Å². The molecule has 8 heteroatoms. The van der Waals surface area contributed by atoms with Crippen LogP contribution in [0.3, 0.4) is 0 Å². The molecule has 1 aliphatic rings. The molecule has 0 aliphatic carbocycles. The topological polar surface area (TPSA) is 67.4 Å². The van der Waals surface area contributed by atoms with Crippen LogP contribution < -0.4 is 10.2 Å². The summed E-state index contributed by atoms with van der Waals surface area (Å²) in [5, 5.41) is 4.08. The smallest absolute Gasteiger partial charge is 0.234 e. The fraction of sp³-hybridized carbons (Fsp3) is 0.312. The highest BCUT2D eigenvalue weighted by atomic mass is 35.5. The molecule has 126 valence electrons. The number of rotatable bonds is 5. The molecule has 0 atom stereocenters. The second-order valence-electron chi connectivity index (χ2n) is 5.13. The van der Waals surface area contributed by atoms with Crippen LogP contribution in [0.5, 0.6) is 0 Å². The molecule has 2 aromatic rings. The summed E-state index contributed by atoms with van der Waals surface area (Å²) in [6.07, 6.45) is 1.53. The van der Waals surface area contributed by atoms with E-state index in [-0.39, 0.29) is 11.7 Å². The van der Waals surface area contributed by atoms with E-state index in [4.69, 9.17) is 16.3 Å². The lowest BCUT2D eigenvalue weighted by Crippen LogP contribution is -2.36. The fourth-order valence-corrected chi connectivity index (χ4v) is 3.11. The highest BCUT2D eigenvalue weighted by molar-refractivity contribution is 7.99. The third-order valence-electron chi connectivity index (χ3n) is 3.46. The van der Waals surface area contributed by atoms with Gasteiger partial charge >= 0.3 is 0 Å². The Morgan fingerprint density at radius 1 is 1.29 bits per heavy atom. The first-order valence-electron chi connectivity index (χ1n) is 7.54. The molecule has 1 N–H and O–H groups in total. The molecule has 1 aromatic heterocycles. The molecule has 1 amide bonds. The van der Waals surface area contributed by atoms with Crippen LogP contribution in [0.4, 0.5) is 11.5 Å². The Hall–Kier alpha value is -1.83. The number of hydrogen-bond acceptors (Lipinski definition) is 6. The van der Waals surface area contributed by atoms with Gasteiger partial charge in [-0.15, -0.1) is 0 Å². The van der Waals surface area contributed by atoms with Gasteiger partial charge < -0.3 is 15.0 Å². The number of anilines is 2. The summed E-state index contributed by atoms with van der Waals surface area (Å²) in [7, 11) is 0. The molecule has 2 heterocycles. The largest absolute Gasteiger partial charge is 0.378 e. The zero-order chi connectivity index (χ0) is 16.8. The minimum Gasteiger partial charge on any atom is -0.378 e. The van der Waals surface area contributed by atoms with E-state index >= 15 is 0 Å². The summed E-state index contributed by atoms with van der Waals surface area (Å²) in [5.41, 5.74) is 0.612. The molecule has 1 aromatic carbocycles.